The van der Waals surface area contributed by atoms with Gasteiger partial charge in [0.15, 0.2) is 0 Å². The van der Waals surface area contributed by atoms with Crippen LogP contribution in [0.4, 0.5) is 4.39 Å². The fourth-order valence-electron chi connectivity index (χ4n) is 3.07. The molecule has 0 radical (unpaired) electrons. The second-order valence-electron chi connectivity index (χ2n) is 6.19. The maximum atomic E-state index is 13.7. The number of aromatic nitrogens is 1. The number of nitrogens with zero attached hydrogens (tertiary/aromatic N) is 2. The lowest BCUT2D eigenvalue weighted by atomic mass is 10.1. The zero-order valence-electron chi connectivity index (χ0n) is 13.8. The predicted molar refractivity (Wildman–Crippen MR) is 101 cm³/mol. The highest BCUT2D eigenvalue weighted by molar-refractivity contribution is 7.20. The van der Waals surface area contributed by atoms with E-state index in [1.807, 2.05) is 11.0 Å². The second-order valence-corrected chi connectivity index (χ2v) is 7.62. The molecule has 1 saturated heterocycles. The molecule has 1 aliphatic heterocycles. The van der Waals surface area contributed by atoms with Gasteiger partial charge < -0.3 is 9.64 Å². The van der Waals surface area contributed by atoms with Gasteiger partial charge in [0, 0.05) is 36.5 Å². The molecule has 0 bridgehead atoms. The van der Waals surface area contributed by atoms with Crippen molar-refractivity contribution in [2.45, 2.75) is 18.9 Å². The SMILES string of the molecule is O=C(c1cccc(Cl)c1)N1CCC(Oc2nc3c(F)cccc3s2)CC1. The number of ether oxygens (including phenoxy) is 1. The zero-order chi connectivity index (χ0) is 18.1. The molecule has 4 nitrogen and oxygen atoms in total. The molecule has 1 fully saturated rings. The molecular formula is C19H16ClFN2O2S. The van der Waals surface area contributed by atoms with Crippen LogP contribution in [0.3, 0.4) is 0 Å². The van der Waals surface area contributed by atoms with Crippen LogP contribution in [0.1, 0.15) is 23.2 Å². The molecule has 1 amide bonds. The van der Waals surface area contributed by atoms with Gasteiger partial charge in [0.2, 0.25) is 0 Å². The van der Waals surface area contributed by atoms with Crippen molar-refractivity contribution in [1.82, 2.24) is 9.88 Å². The summed E-state index contributed by atoms with van der Waals surface area (Å²) in [7, 11) is 0. The molecule has 134 valence electrons. The predicted octanol–water partition coefficient (Wildman–Crippen LogP) is 4.77. The number of halogens is 2. The van der Waals surface area contributed by atoms with Gasteiger partial charge in [0.25, 0.3) is 11.1 Å². The van der Waals surface area contributed by atoms with E-state index in [1.165, 1.54) is 17.4 Å². The second kappa shape index (κ2) is 7.21. The van der Waals surface area contributed by atoms with Crippen LogP contribution < -0.4 is 4.74 Å². The summed E-state index contributed by atoms with van der Waals surface area (Å²) in [5.41, 5.74) is 0.944. The monoisotopic (exact) mass is 390 g/mol. The van der Waals surface area contributed by atoms with Gasteiger partial charge in [-0.15, -0.1) is 0 Å². The first-order valence-electron chi connectivity index (χ1n) is 8.37. The maximum absolute atomic E-state index is 13.7. The molecule has 26 heavy (non-hydrogen) atoms. The van der Waals surface area contributed by atoms with Crippen molar-refractivity contribution in [3.63, 3.8) is 0 Å². The number of piperidine rings is 1. The smallest absolute Gasteiger partial charge is 0.274 e. The Hall–Kier alpha value is -2.18. The van der Waals surface area contributed by atoms with Crippen LogP contribution in [0.2, 0.25) is 5.02 Å². The number of hydrogen-bond acceptors (Lipinski definition) is 4. The van der Waals surface area contributed by atoms with E-state index in [1.54, 1.807) is 30.3 Å². The van der Waals surface area contributed by atoms with Crippen LogP contribution in [0.5, 0.6) is 5.19 Å². The molecule has 0 unspecified atom stereocenters. The molecule has 7 heteroatoms. The number of rotatable bonds is 3. The Kier molecular flexibility index (Phi) is 4.78. The lowest BCUT2D eigenvalue weighted by Gasteiger charge is -2.31. The molecule has 4 rings (SSSR count). The van der Waals surface area contributed by atoms with Crippen LogP contribution in [0.15, 0.2) is 42.5 Å². The van der Waals surface area contributed by atoms with Crippen LogP contribution in [0.25, 0.3) is 10.2 Å². The Morgan fingerprint density at radius 2 is 2.00 bits per heavy atom. The molecule has 2 aromatic carbocycles. The summed E-state index contributed by atoms with van der Waals surface area (Å²) < 4.78 is 20.4. The van der Waals surface area contributed by atoms with E-state index in [9.17, 15) is 9.18 Å². The highest BCUT2D eigenvalue weighted by Gasteiger charge is 2.25. The summed E-state index contributed by atoms with van der Waals surface area (Å²) in [6, 6.07) is 11.9. The molecular weight excluding hydrogens is 375 g/mol. The minimum absolute atomic E-state index is 0.0204. The lowest BCUT2D eigenvalue weighted by Crippen LogP contribution is -2.41. The molecule has 0 atom stereocenters. The normalized spacial score (nSPS) is 15.4. The quantitative estimate of drug-likeness (QED) is 0.646. The van der Waals surface area contributed by atoms with Gasteiger partial charge in [-0.1, -0.05) is 35.1 Å². The van der Waals surface area contributed by atoms with Gasteiger partial charge in [-0.05, 0) is 30.3 Å². The average Bonchev–Trinajstić information content (AvgIpc) is 3.06. The molecule has 1 aromatic heterocycles. The average molecular weight is 391 g/mol. The first-order valence-corrected chi connectivity index (χ1v) is 9.56. The largest absolute Gasteiger partial charge is 0.467 e. The van der Waals surface area contributed by atoms with E-state index in [0.717, 1.165) is 4.70 Å². The third-order valence-corrected chi connectivity index (χ3v) is 5.56. The molecule has 2 heterocycles. The number of benzene rings is 2. The molecule has 0 N–H and O–H groups in total. The molecule has 3 aromatic rings. The Balaban J connectivity index is 1.38. The number of thiazole rings is 1. The summed E-state index contributed by atoms with van der Waals surface area (Å²) in [4.78, 5) is 18.6. The summed E-state index contributed by atoms with van der Waals surface area (Å²) >= 11 is 7.30. The number of para-hydroxylation sites is 1. The Labute approximate surface area is 159 Å². The van der Waals surface area contributed by atoms with Crippen molar-refractivity contribution in [3.05, 3.63) is 58.9 Å². The lowest BCUT2D eigenvalue weighted by molar-refractivity contribution is 0.0595. The fourth-order valence-corrected chi connectivity index (χ4v) is 4.15. The van der Waals surface area contributed by atoms with Crippen LogP contribution in [-0.2, 0) is 0 Å². The van der Waals surface area contributed by atoms with Crippen LogP contribution in [-0.4, -0.2) is 35.0 Å². The van der Waals surface area contributed by atoms with Crippen LogP contribution >= 0.6 is 22.9 Å². The summed E-state index contributed by atoms with van der Waals surface area (Å²) in [6.07, 6.45) is 1.40. The van der Waals surface area contributed by atoms with Gasteiger partial charge in [0.05, 0.1) is 4.70 Å². The van der Waals surface area contributed by atoms with E-state index >= 15 is 0 Å². The third-order valence-electron chi connectivity index (χ3n) is 4.42. The van der Waals surface area contributed by atoms with Crippen molar-refractivity contribution in [1.29, 1.82) is 0 Å². The zero-order valence-corrected chi connectivity index (χ0v) is 15.4. The minimum atomic E-state index is -0.337. The van der Waals surface area contributed by atoms with E-state index in [-0.39, 0.29) is 17.8 Å². The first kappa shape index (κ1) is 17.2. The van der Waals surface area contributed by atoms with Gasteiger partial charge >= 0.3 is 0 Å². The molecule has 0 aliphatic carbocycles. The van der Waals surface area contributed by atoms with Crippen molar-refractivity contribution in [2.75, 3.05) is 13.1 Å². The Morgan fingerprint density at radius 1 is 1.23 bits per heavy atom. The van der Waals surface area contributed by atoms with E-state index in [4.69, 9.17) is 16.3 Å². The van der Waals surface area contributed by atoms with Crippen molar-refractivity contribution >= 4 is 39.1 Å². The fraction of sp³-hybridized carbons (Fsp3) is 0.263. The van der Waals surface area contributed by atoms with Gasteiger partial charge in [0.1, 0.15) is 17.4 Å². The highest BCUT2D eigenvalue weighted by Crippen LogP contribution is 2.31. The standard InChI is InChI=1S/C19H16ClFN2O2S/c20-13-4-1-3-12(11-13)18(24)23-9-7-14(8-10-23)25-19-22-17-15(21)5-2-6-16(17)26-19/h1-6,11,14H,7-10H2. The number of hydrogen-bond donors (Lipinski definition) is 0. The molecule has 1 aliphatic rings. The first-order chi connectivity index (χ1) is 12.6. The summed E-state index contributed by atoms with van der Waals surface area (Å²) in [5.74, 6) is -0.358. The number of fused-ring (bicyclic) bond motifs is 1. The summed E-state index contributed by atoms with van der Waals surface area (Å²) in [5, 5.41) is 1.03. The summed E-state index contributed by atoms with van der Waals surface area (Å²) in [6.45, 7) is 1.21. The molecule has 0 spiro atoms. The topological polar surface area (TPSA) is 42.4 Å². The van der Waals surface area contributed by atoms with Crippen LogP contribution in [0, 0.1) is 5.82 Å². The number of likely N-dealkylation sites (tertiary alicyclic amines) is 1. The highest BCUT2D eigenvalue weighted by atomic mass is 35.5. The third kappa shape index (κ3) is 3.52. The van der Waals surface area contributed by atoms with Crippen molar-refractivity contribution < 1.29 is 13.9 Å². The van der Waals surface area contributed by atoms with Gasteiger partial charge in [-0.25, -0.2) is 4.39 Å². The molecule has 0 saturated carbocycles. The Bertz CT molecular complexity index is 954. The van der Waals surface area contributed by atoms with E-state index < -0.39 is 0 Å². The Morgan fingerprint density at radius 3 is 2.73 bits per heavy atom. The maximum Gasteiger partial charge on any atom is 0.274 e. The van der Waals surface area contributed by atoms with E-state index in [2.05, 4.69) is 4.98 Å². The van der Waals surface area contributed by atoms with Gasteiger partial charge in [-0.2, -0.15) is 4.98 Å². The number of carbonyl (C=O) groups is 1. The number of carbonyl (C=O) groups excluding carboxylic acids is 1. The number of amides is 1. The minimum Gasteiger partial charge on any atom is -0.467 e. The van der Waals surface area contributed by atoms with Crippen molar-refractivity contribution in [2.24, 2.45) is 0 Å². The van der Waals surface area contributed by atoms with Gasteiger partial charge in [-0.3, -0.25) is 4.79 Å². The van der Waals surface area contributed by atoms with Crippen molar-refractivity contribution in [3.8, 4) is 5.19 Å². The van der Waals surface area contributed by atoms with E-state index in [0.29, 0.717) is 47.2 Å².